The first-order valence-corrected chi connectivity index (χ1v) is 5.76. The van der Waals surface area contributed by atoms with E-state index in [0.717, 1.165) is 15.6 Å². The summed E-state index contributed by atoms with van der Waals surface area (Å²) in [6, 6.07) is 10.2. The molecule has 0 aliphatic carbocycles. The van der Waals surface area contributed by atoms with Gasteiger partial charge in [-0.3, -0.25) is 4.68 Å². The zero-order valence-electron chi connectivity index (χ0n) is 7.32. The van der Waals surface area contributed by atoms with E-state index >= 15 is 0 Å². The van der Waals surface area contributed by atoms with Gasteiger partial charge in [-0.25, -0.2) is 0 Å². The molecule has 0 aliphatic heterocycles. The van der Waals surface area contributed by atoms with Crippen LogP contribution in [0.15, 0.2) is 45.6 Å². The highest BCUT2D eigenvalue weighted by molar-refractivity contribution is 9.10. The molecule has 0 atom stereocenters. The second kappa shape index (κ2) is 4.28. The van der Waals surface area contributed by atoms with Crippen molar-refractivity contribution in [3.05, 3.63) is 51.2 Å². The maximum atomic E-state index is 4.25. The lowest BCUT2D eigenvalue weighted by Gasteiger charge is -2.01. The van der Waals surface area contributed by atoms with Crippen LogP contribution in [0, 0.1) is 0 Å². The molecule has 1 heterocycles. The Bertz CT molecular complexity index is 420. The average molecular weight is 316 g/mol. The molecule has 72 valence electrons. The number of nitrogens with zero attached hydrogens (tertiary/aromatic N) is 2. The second-order valence-electron chi connectivity index (χ2n) is 2.96. The van der Waals surface area contributed by atoms with E-state index in [1.54, 1.807) is 0 Å². The molecule has 0 bridgehead atoms. The molecule has 14 heavy (non-hydrogen) atoms. The van der Waals surface area contributed by atoms with E-state index < -0.39 is 0 Å². The van der Waals surface area contributed by atoms with Crippen molar-refractivity contribution in [3.63, 3.8) is 0 Å². The lowest BCUT2D eigenvalue weighted by atomic mass is 10.2. The molecule has 0 saturated heterocycles. The zero-order chi connectivity index (χ0) is 9.97. The van der Waals surface area contributed by atoms with Crippen LogP contribution in [0.2, 0.25) is 0 Å². The zero-order valence-corrected chi connectivity index (χ0v) is 10.5. The van der Waals surface area contributed by atoms with Gasteiger partial charge in [0.2, 0.25) is 0 Å². The van der Waals surface area contributed by atoms with Crippen LogP contribution in [0.25, 0.3) is 0 Å². The van der Waals surface area contributed by atoms with Crippen LogP contribution in [0.5, 0.6) is 0 Å². The van der Waals surface area contributed by atoms with Crippen molar-refractivity contribution in [1.82, 2.24) is 9.78 Å². The van der Waals surface area contributed by atoms with Crippen LogP contribution in [0.4, 0.5) is 0 Å². The number of halogens is 2. The SMILES string of the molecule is Brc1ccc(Cn2ccc(Br)n2)cc1. The maximum Gasteiger partial charge on any atom is 0.128 e. The highest BCUT2D eigenvalue weighted by Crippen LogP contribution is 2.12. The Kier molecular flexibility index (Phi) is 3.03. The van der Waals surface area contributed by atoms with E-state index in [0.29, 0.717) is 0 Å². The van der Waals surface area contributed by atoms with Gasteiger partial charge in [0.1, 0.15) is 4.60 Å². The highest BCUT2D eigenvalue weighted by Gasteiger charge is 1.97. The molecule has 2 aromatic rings. The molecule has 0 amide bonds. The molecular weight excluding hydrogens is 308 g/mol. The molecule has 0 unspecified atom stereocenters. The summed E-state index contributed by atoms with van der Waals surface area (Å²) < 4.78 is 3.87. The van der Waals surface area contributed by atoms with Gasteiger partial charge in [0, 0.05) is 10.7 Å². The maximum absolute atomic E-state index is 4.25. The number of benzene rings is 1. The fourth-order valence-corrected chi connectivity index (χ4v) is 1.79. The molecule has 1 aromatic heterocycles. The highest BCUT2D eigenvalue weighted by atomic mass is 79.9. The molecule has 0 aliphatic rings. The average Bonchev–Trinajstić information content (AvgIpc) is 2.56. The van der Waals surface area contributed by atoms with Crippen LogP contribution in [0.1, 0.15) is 5.56 Å². The van der Waals surface area contributed by atoms with Crippen molar-refractivity contribution < 1.29 is 0 Å². The number of aromatic nitrogens is 2. The van der Waals surface area contributed by atoms with E-state index in [-0.39, 0.29) is 0 Å². The molecule has 0 N–H and O–H groups in total. The lowest BCUT2D eigenvalue weighted by molar-refractivity contribution is 0.682. The predicted octanol–water partition coefficient (Wildman–Crippen LogP) is 3.46. The Hall–Kier alpha value is -0.610. The molecular formula is C10H8Br2N2. The number of hydrogen-bond donors (Lipinski definition) is 0. The number of rotatable bonds is 2. The van der Waals surface area contributed by atoms with Crippen LogP contribution in [-0.2, 0) is 6.54 Å². The second-order valence-corrected chi connectivity index (χ2v) is 4.69. The molecule has 0 saturated carbocycles. The van der Waals surface area contributed by atoms with Gasteiger partial charge in [-0.2, -0.15) is 5.10 Å². The van der Waals surface area contributed by atoms with Gasteiger partial charge < -0.3 is 0 Å². The minimum absolute atomic E-state index is 0.804. The third-order valence-corrected chi connectivity index (χ3v) is 2.82. The van der Waals surface area contributed by atoms with E-state index in [2.05, 4.69) is 49.1 Å². The van der Waals surface area contributed by atoms with Crippen molar-refractivity contribution in [1.29, 1.82) is 0 Å². The summed E-state index contributed by atoms with van der Waals surface area (Å²) in [6.45, 7) is 0.804. The van der Waals surface area contributed by atoms with E-state index in [4.69, 9.17) is 0 Å². The third kappa shape index (κ3) is 2.45. The predicted molar refractivity (Wildman–Crippen MR) is 63.2 cm³/mol. The Morgan fingerprint density at radius 1 is 1.07 bits per heavy atom. The molecule has 0 radical (unpaired) electrons. The number of hydrogen-bond acceptors (Lipinski definition) is 1. The minimum Gasteiger partial charge on any atom is -0.267 e. The molecule has 0 fully saturated rings. The summed E-state index contributed by atoms with van der Waals surface area (Å²) >= 11 is 6.72. The standard InChI is InChI=1S/C10H8Br2N2/c11-9-3-1-8(2-4-9)7-14-6-5-10(12)13-14/h1-6H,7H2. The van der Waals surface area contributed by atoms with Gasteiger partial charge in [0.15, 0.2) is 0 Å². The van der Waals surface area contributed by atoms with Crippen LogP contribution in [0.3, 0.4) is 0 Å². The van der Waals surface area contributed by atoms with Crippen LogP contribution >= 0.6 is 31.9 Å². The van der Waals surface area contributed by atoms with Gasteiger partial charge in [-0.1, -0.05) is 28.1 Å². The van der Waals surface area contributed by atoms with Crippen molar-refractivity contribution in [2.75, 3.05) is 0 Å². The summed E-state index contributed by atoms with van der Waals surface area (Å²) in [5.41, 5.74) is 1.24. The molecule has 1 aromatic carbocycles. The molecule has 0 spiro atoms. The fraction of sp³-hybridized carbons (Fsp3) is 0.100. The first kappa shape index (κ1) is 9.93. The van der Waals surface area contributed by atoms with Gasteiger partial charge in [-0.05, 0) is 39.7 Å². The van der Waals surface area contributed by atoms with Crippen molar-refractivity contribution in [2.45, 2.75) is 6.54 Å². The molecule has 2 nitrogen and oxygen atoms in total. The Balaban J connectivity index is 2.15. The van der Waals surface area contributed by atoms with Crippen LogP contribution in [-0.4, -0.2) is 9.78 Å². The minimum atomic E-state index is 0.804. The van der Waals surface area contributed by atoms with Gasteiger partial charge >= 0.3 is 0 Å². The largest absolute Gasteiger partial charge is 0.267 e. The third-order valence-electron chi connectivity index (χ3n) is 1.87. The summed E-state index contributed by atoms with van der Waals surface area (Å²) in [5, 5.41) is 4.25. The van der Waals surface area contributed by atoms with Gasteiger partial charge in [-0.15, -0.1) is 0 Å². The normalized spacial score (nSPS) is 10.4. The van der Waals surface area contributed by atoms with E-state index in [9.17, 15) is 0 Å². The van der Waals surface area contributed by atoms with Gasteiger partial charge in [0.25, 0.3) is 0 Å². The Labute approximate surface area is 99.2 Å². The first-order valence-electron chi connectivity index (χ1n) is 4.17. The first-order chi connectivity index (χ1) is 6.74. The van der Waals surface area contributed by atoms with Crippen LogP contribution < -0.4 is 0 Å². The van der Waals surface area contributed by atoms with E-state index in [1.165, 1.54) is 5.56 Å². The summed E-state index contributed by atoms with van der Waals surface area (Å²) in [4.78, 5) is 0. The van der Waals surface area contributed by atoms with Gasteiger partial charge in [0.05, 0.1) is 6.54 Å². The van der Waals surface area contributed by atoms with Crippen molar-refractivity contribution in [3.8, 4) is 0 Å². The fourth-order valence-electron chi connectivity index (χ4n) is 1.20. The Morgan fingerprint density at radius 2 is 1.79 bits per heavy atom. The van der Waals surface area contributed by atoms with E-state index in [1.807, 2.05) is 29.1 Å². The van der Waals surface area contributed by atoms with Crippen molar-refractivity contribution >= 4 is 31.9 Å². The monoisotopic (exact) mass is 314 g/mol. The molecule has 2 rings (SSSR count). The summed E-state index contributed by atoms with van der Waals surface area (Å²) in [5.74, 6) is 0. The topological polar surface area (TPSA) is 17.8 Å². The Morgan fingerprint density at radius 3 is 2.36 bits per heavy atom. The quantitative estimate of drug-likeness (QED) is 0.830. The molecule has 4 heteroatoms. The summed E-state index contributed by atoms with van der Waals surface area (Å²) in [6.07, 6.45) is 1.95. The lowest BCUT2D eigenvalue weighted by Crippen LogP contribution is -1.99. The summed E-state index contributed by atoms with van der Waals surface area (Å²) in [7, 11) is 0. The van der Waals surface area contributed by atoms with Crippen molar-refractivity contribution in [2.24, 2.45) is 0 Å². The smallest absolute Gasteiger partial charge is 0.128 e.